The van der Waals surface area contributed by atoms with E-state index in [1.165, 1.54) is 45.0 Å². The number of hydrogen-bond acceptors (Lipinski definition) is 4. The van der Waals surface area contributed by atoms with Crippen LogP contribution in [0.15, 0.2) is 66.7 Å². The number of carboxylic acids is 1. The van der Waals surface area contributed by atoms with Crippen molar-refractivity contribution < 1.29 is 37.3 Å². The van der Waals surface area contributed by atoms with Gasteiger partial charge in [0.1, 0.15) is 11.5 Å². The Labute approximate surface area is 206 Å². The molecule has 0 fully saturated rings. The molecule has 6 nitrogen and oxygen atoms in total. The number of carbonyl (C=O) groups is 2. The first-order valence-electron chi connectivity index (χ1n) is 11.0. The lowest BCUT2D eigenvalue weighted by Gasteiger charge is -2.23. The maximum absolute atomic E-state index is 13.7. The van der Waals surface area contributed by atoms with Crippen molar-refractivity contribution in [3.63, 3.8) is 0 Å². The van der Waals surface area contributed by atoms with Crippen LogP contribution in [-0.4, -0.2) is 28.7 Å². The predicted octanol–water partition coefficient (Wildman–Crippen LogP) is 6.33. The normalized spacial score (nSPS) is 12.5. The number of halogens is 3. The Bertz CT molecular complexity index is 1260. The Morgan fingerprint density at radius 3 is 2.22 bits per heavy atom. The summed E-state index contributed by atoms with van der Waals surface area (Å²) in [5.41, 5.74) is -1.32. The van der Waals surface area contributed by atoms with Crippen LogP contribution in [0.25, 0.3) is 11.1 Å². The number of ether oxygens (including phenoxy) is 2. The molecule has 0 heterocycles. The number of carbonyl (C=O) groups excluding carboxylic acids is 1. The quantitative estimate of drug-likeness (QED) is 0.377. The van der Waals surface area contributed by atoms with Crippen molar-refractivity contribution in [2.45, 2.75) is 45.6 Å². The number of aryl methyl sites for hydroxylation is 1. The highest BCUT2D eigenvalue weighted by Gasteiger charge is 2.34. The molecule has 2 N–H and O–H groups in total. The van der Waals surface area contributed by atoms with Gasteiger partial charge < -0.3 is 19.9 Å². The fourth-order valence-electron chi connectivity index (χ4n) is 3.36. The number of benzene rings is 3. The third kappa shape index (κ3) is 6.35. The van der Waals surface area contributed by atoms with Crippen LogP contribution < -0.4 is 14.8 Å². The standard InChI is InChI=1S/C27H26F3NO5/c1-16-14-20(11-13-23(16)36-26(3,4)25(33)34)35-17(2)24(32)31-19-10-12-21(18-8-6-5-7-9-18)22(15-19)27(28,29)30/h5-15,17H,1-4H3,(H,31,32)(H,33,34). The van der Waals surface area contributed by atoms with Crippen LogP contribution >= 0.6 is 0 Å². The minimum atomic E-state index is -4.62. The molecule has 3 aromatic rings. The fourth-order valence-corrected chi connectivity index (χ4v) is 3.36. The van der Waals surface area contributed by atoms with Gasteiger partial charge in [-0.25, -0.2) is 4.79 Å². The van der Waals surface area contributed by atoms with Gasteiger partial charge >= 0.3 is 12.1 Å². The number of amides is 1. The third-order valence-corrected chi connectivity index (χ3v) is 5.39. The van der Waals surface area contributed by atoms with Crippen LogP contribution in [0, 0.1) is 6.92 Å². The van der Waals surface area contributed by atoms with E-state index in [-0.39, 0.29) is 11.3 Å². The Balaban J connectivity index is 1.73. The van der Waals surface area contributed by atoms with Crippen molar-refractivity contribution in [1.29, 1.82) is 0 Å². The molecule has 0 aliphatic carbocycles. The van der Waals surface area contributed by atoms with Gasteiger partial charge in [0.25, 0.3) is 5.91 Å². The predicted molar refractivity (Wildman–Crippen MR) is 129 cm³/mol. The molecule has 0 saturated heterocycles. The van der Waals surface area contributed by atoms with E-state index in [1.54, 1.807) is 43.3 Å². The van der Waals surface area contributed by atoms with Crippen molar-refractivity contribution in [2.75, 3.05) is 5.32 Å². The third-order valence-electron chi connectivity index (χ3n) is 5.39. The van der Waals surface area contributed by atoms with E-state index in [0.717, 1.165) is 6.07 Å². The van der Waals surface area contributed by atoms with Gasteiger partial charge in [-0.05, 0) is 74.7 Å². The summed E-state index contributed by atoms with van der Waals surface area (Å²) in [7, 11) is 0. The average Bonchev–Trinajstić information content (AvgIpc) is 2.80. The molecular weight excluding hydrogens is 475 g/mol. The summed E-state index contributed by atoms with van der Waals surface area (Å²) in [6.07, 6.45) is -5.65. The molecule has 1 unspecified atom stereocenters. The van der Waals surface area contributed by atoms with Gasteiger partial charge in [-0.15, -0.1) is 0 Å². The van der Waals surface area contributed by atoms with Gasteiger partial charge in [0, 0.05) is 5.69 Å². The van der Waals surface area contributed by atoms with Crippen LogP contribution in [0.2, 0.25) is 0 Å². The molecule has 1 atom stereocenters. The van der Waals surface area contributed by atoms with E-state index >= 15 is 0 Å². The average molecular weight is 502 g/mol. The smallest absolute Gasteiger partial charge is 0.417 e. The molecule has 0 radical (unpaired) electrons. The van der Waals surface area contributed by atoms with Crippen LogP contribution in [0.5, 0.6) is 11.5 Å². The largest absolute Gasteiger partial charge is 0.481 e. The highest BCUT2D eigenvalue weighted by Crippen LogP contribution is 2.38. The van der Waals surface area contributed by atoms with Gasteiger partial charge in [-0.3, -0.25) is 4.79 Å². The van der Waals surface area contributed by atoms with Gasteiger partial charge in [0.2, 0.25) is 0 Å². The minimum absolute atomic E-state index is 0.00857. The number of alkyl halides is 3. The lowest BCUT2D eigenvalue weighted by molar-refractivity contribution is -0.152. The summed E-state index contributed by atoms with van der Waals surface area (Å²) >= 11 is 0. The molecule has 0 spiro atoms. The molecule has 0 aliphatic heterocycles. The van der Waals surface area contributed by atoms with E-state index in [9.17, 15) is 27.9 Å². The number of rotatable bonds is 8. The van der Waals surface area contributed by atoms with Gasteiger partial charge in [0.05, 0.1) is 5.56 Å². The molecular formula is C27H26F3NO5. The van der Waals surface area contributed by atoms with Crippen molar-refractivity contribution in [2.24, 2.45) is 0 Å². The highest BCUT2D eigenvalue weighted by molar-refractivity contribution is 5.94. The van der Waals surface area contributed by atoms with Crippen molar-refractivity contribution >= 4 is 17.6 Å². The first kappa shape index (κ1) is 26.6. The summed E-state index contributed by atoms with van der Waals surface area (Å²) in [6.45, 7) is 5.99. The van der Waals surface area contributed by atoms with E-state index in [4.69, 9.17) is 9.47 Å². The highest BCUT2D eigenvalue weighted by atomic mass is 19.4. The Morgan fingerprint density at radius 1 is 0.972 bits per heavy atom. The number of aliphatic carboxylic acids is 1. The zero-order valence-electron chi connectivity index (χ0n) is 20.1. The molecule has 0 aliphatic rings. The van der Waals surface area contributed by atoms with E-state index < -0.39 is 35.3 Å². The van der Waals surface area contributed by atoms with Gasteiger partial charge in [0.15, 0.2) is 11.7 Å². The minimum Gasteiger partial charge on any atom is -0.481 e. The summed E-state index contributed by atoms with van der Waals surface area (Å²) in [5, 5.41) is 11.7. The Morgan fingerprint density at radius 2 is 1.64 bits per heavy atom. The molecule has 9 heteroatoms. The summed E-state index contributed by atoms with van der Waals surface area (Å²) < 4.78 is 52.4. The SMILES string of the molecule is Cc1cc(OC(C)C(=O)Nc2ccc(-c3ccccc3)c(C(F)(F)F)c2)ccc1OC(C)(C)C(=O)O. The summed E-state index contributed by atoms with van der Waals surface area (Å²) in [6, 6.07) is 16.4. The number of nitrogens with one attached hydrogen (secondary N) is 1. The monoisotopic (exact) mass is 501 g/mol. The van der Waals surface area contributed by atoms with Crippen molar-refractivity contribution in [3.8, 4) is 22.6 Å². The lowest BCUT2D eigenvalue weighted by Crippen LogP contribution is -2.38. The van der Waals surface area contributed by atoms with Crippen LogP contribution in [0.4, 0.5) is 18.9 Å². The second kappa shape index (κ2) is 10.3. The van der Waals surface area contributed by atoms with E-state index in [1.807, 2.05) is 0 Å². The zero-order chi connectivity index (χ0) is 26.7. The molecule has 3 rings (SSSR count). The van der Waals surface area contributed by atoms with Crippen molar-refractivity contribution in [3.05, 3.63) is 77.9 Å². The topological polar surface area (TPSA) is 84.9 Å². The van der Waals surface area contributed by atoms with E-state index in [2.05, 4.69) is 5.32 Å². The number of carboxylic acid groups (broad SMARTS) is 1. The maximum atomic E-state index is 13.7. The Hall–Kier alpha value is -4.01. The number of anilines is 1. The summed E-state index contributed by atoms with van der Waals surface area (Å²) in [5.74, 6) is -1.12. The molecule has 3 aromatic carbocycles. The first-order chi connectivity index (χ1) is 16.8. The molecule has 0 bridgehead atoms. The molecule has 36 heavy (non-hydrogen) atoms. The van der Waals surface area contributed by atoms with Crippen molar-refractivity contribution in [1.82, 2.24) is 0 Å². The zero-order valence-corrected chi connectivity index (χ0v) is 20.1. The first-order valence-corrected chi connectivity index (χ1v) is 11.0. The number of hydrogen-bond donors (Lipinski definition) is 2. The molecule has 190 valence electrons. The molecule has 0 saturated carbocycles. The van der Waals surface area contributed by atoms with Crippen LogP contribution in [-0.2, 0) is 15.8 Å². The Kier molecular flexibility index (Phi) is 7.62. The second-order valence-corrected chi connectivity index (χ2v) is 8.72. The lowest BCUT2D eigenvalue weighted by atomic mass is 9.98. The van der Waals surface area contributed by atoms with Crippen LogP contribution in [0.1, 0.15) is 31.9 Å². The van der Waals surface area contributed by atoms with Gasteiger partial charge in [-0.1, -0.05) is 36.4 Å². The second-order valence-electron chi connectivity index (χ2n) is 8.72. The maximum Gasteiger partial charge on any atom is 0.417 e. The molecule has 1 amide bonds. The summed E-state index contributed by atoms with van der Waals surface area (Å²) in [4.78, 5) is 23.9. The molecule has 0 aromatic heterocycles. The van der Waals surface area contributed by atoms with Gasteiger partial charge in [-0.2, -0.15) is 13.2 Å². The van der Waals surface area contributed by atoms with Crippen LogP contribution in [0.3, 0.4) is 0 Å². The van der Waals surface area contributed by atoms with E-state index in [0.29, 0.717) is 22.6 Å². The fraction of sp³-hybridized carbons (Fsp3) is 0.259.